The van der Waals surface area contributed by atoms with Crippen molar-refractivity contribution in [3.8, 4) is 0 Å². The third-order valence-corrected chi connectivity index (χ3v) is 2.17. The summed E-state index contributed by atoms with van der Waals surface area (Å²) < 4.78 is 0. The van der Waals surface area contributed by atoms with Crippen molar-refractivity contribution in [2.24, 2.45) is 0 Å². The van der Waals surface area contributed by atoms with Gasteiger partial charge in [0.05, 0.1) is 0 Å². The molecule has 1 aliphatic rings. The minimum atomic E-state index is 0.330. The number of aliphatic hydroxyl groups is 1. The zero-order valence-electron chi connectivity index (χ0n) is 7.21. The average Bonchev–Trinajstić information content (AvgIpc) is 2.37. The van der Waals surface area contributed by atoms with Crippen LogP contribution in [0.4, 0.5) is 0 Å². The van der Waals surface area contributed by atoms with Gasteiger partial charge in [0.2, 0.25) is 0 Å². The van der Waals surface area contributed by atoms with Crippen LogP contribution < -0.4 is 0 Å². The highest BCUT2D eigenvalue weighted by molar-refractivity contribution is 5.03. The van der Waals surface area contributed by atoms with Gasteiger partial charge in [-0.25, -0.2) is 0 Å². The minimum absolute atomic E-state index is 0.330. The van der Waals surface area contributed by atoms with Crippen LogP contribution >= 0.6 is 0 Å². The second-order valence-corrected chi connectivity index (χ2v) is 3.05. The standard InChI is InChI=1S/C9H17NO/c1-9-5-4-7-10(9)6-2-3-8-11/h5,11H,2-4,6-8H2,1H3. The Balaban J connectivity index is 2.12. The van der Waals surface area contributed by atoms with Crippen LogP contribution in [0.5, 0.6) is 0 Å². The molecule has 0 aromatic heterocycles. The van der Waals surface area contributed by atoms with E-state index in [1.807, 2.05) is 0 Å². The lowest BCUT2D eigenvalue weighted by atomic mass is 10.3. The first-order valence-corrected chi connectivity index (χ1v) is 4.37. The molecule has 1 N–H and O–H groups in total. The van der Waals surface area contributed by atoms with Gasteiger partial charge in [-0.05, 0) is 26.2 Å². The van der Waals surface area contributed by atoms with Crippen LogP contribution in [0.15, 0.2) is 11.8 Å². The molecular weight excluding hydrogens is 138 g/mol. The van der Waals surface area contributed by atoms with Gasteiger partial charge >= 0.3 is 0 Å². The first-order chi connectivity index (χ1) is 5.34. The van der Waals surface area contributed by atoms with E-state index in [0.717, 1.165) is 19.4 Å². The number of aliphatic hydroxyl groups excluding tert-OH is 1. The second-order valence-electron chi connectivity index (χ2n) is 3.05. The fourth-order valence-electron chi connectivity index (χ4n) is 1.44. The Morgan fingerprint density at radius 2 is 2.36 bits per heavy atom. The van der Waals surface area contributed by atoms with E-state index in [1.54, 1.807) is 0 Å². The summed E-state index contributed by atoms with van der Waals surface area (Å²) in [6, 6.07) is 0. The monoisotopic (exact) mass is 155 g/mol. The fourth-order valence-corrected chi connectivity index (χ4v) is 1.44. The third-order valence-electron chi connectivity index (χ3n) is 2.17. The number of rotatable bonds is 4. The average molecular weight is 155 g/mol. The maximum atomic E-state index is 8.57. The molecule has 0 aromatic carbocycles. The molecule has 0 bridgehead atoms. The van der Waals surface area contributed by atoms with Crippen LogP contribution in [0, 0.1) is 0 Å². The maximum absolute atomic E-state index is 8.57. The van der Waals surface area contributed by atoms with Crippen molar-refractivity contribution in [1.29, 1.82) is 0 Å². The molecule has 0 amide bonds. The highest BCUT2D eigenvalue weighted by atomic mass is 16.2. The Bertz CT molecular complexity index is 142. The molecule has 0 aromatic rings. The first kappa shape index (κ1) is 8.60. The zero-order valence-corrected chi connectivity index (χ0v) is 7.21. The second kappa shape index (κ2) is 4.39. The largest absolute Gasteiger partial charge is 0.396 e. The summed E-state index contributed by atoms with van der Waals surface area (Å²) in [6.45, 7) is 4.78. The van der Waals surface area contributed by atoms with E-state index in [-0.39, 0.29) is 0 Å². The molecule has 0 aliphatic carbocycles. The van der Waals surface area contributed by atoms with Crippen LogP contribution in [0.1, 0.15) is 26.2 Å². The van der Waals surface area contributed by atoms with E-state index >= 15 is 0 Å². The molecule has 1 aliphatic heterocycles. The summed E-state index contributed by atoms with van der Waals surface area (Å²) >= 11 is 0. The van der Waals surface area contributed by atoms with E-state index in [4.69, 9.17) is 5.11 Å². The van der Waals surface area contributed by atoms with Gasteiger partial charge in [0.1, 0.15) is 0 Å². The first-order valence-electron chi connectivity index (χ1n) is 4.37. The van der Waals surface area contributed by atoms with Crippen molar-refractivity contribution in [1.82, 2.24) is 4.90 Å². The summed E-state index contributed by atoms with van der Waals surface area (Å²) in [5, 5.41) is 8.57. The molecule has 0 spiro atoms. The number of unbranched alkanes of at least 4 members (excludes halogenated alkanes) is 1. The van der Waals surface area contributed by atoms with Crippen molar-refractivity contribution >= 4 is 0 Å². The van der Waals surface area contributed by atoms with E-state index in [9.17, 15) is 0 Å². The Morgan fingerprint density at radius 1 is 1.55 bits per heavy atom. The number of nitrogens with zero attached hydrogens (tertiary/aromatic N) is 1. The van der Waals surface area contributed by atoms with E-state index in [0.29, 0.717) is 6.61 Å². The van der Waals surface area contributed by atoms with Gasteiger partial charge in [-0.2, -0.15) is 0 Å². The molecule has 0 fully saturated rings. The summed E-state index contributed by atoms with van der Waals surface area (Å²) in [5.74, 6) is 0. The molecular formula is C9H17NO. The Hall–Kier alpha value is -0.500. The van der Waals surface area contributed by atoms with Gasteiger partial charge in [0.25, 0.3) is 0 Å². The molecule has 2 heteroatoms. The van der Waals surface area contributed by atoms with Gasteiger partial charge in [0, 0.05) is 25.4 Å². The van der Waals surface area contributed by atoms with Crippen molar-refractivity contribution < 1.29 is 5.11 Å². The topological polar surface area (TPSA) is 23.5 Å². The smallest absolute Gasteiger partial charge is 0.0431 e. The van der Waals surface area contributed by atoms with Crippen LogP contribution in [-0.4, -0.2) is 29.7 Å². The fraction of sp³-hybridized carbons (Fsp3) is 0.778. The SMILES string of the molecule is CC1=CCCN1CCCCO. The van der Waals surface area contributed by atoms with Crippen molar-refractivity contribution in [2.75, 3.05) is 19.7 Å². The van der Waals surface area contributed by atoms with Gasteiger partial charge in [-0.3, -0.25) is 0 Å². The van der Waals surface area contributed by atoms with Gasteiger partial charge in [0.15, 0.2) is 0 Å². The Morgan fingerprint density at radius 3 is 2.91 bits per heavy atom. The summed E-state index contributed by atoms with van der Waals surface area (Å²) in [4.78, 5) is 2.38. The quantitative estimate of drug-likeness (QED) is 0.620. The Kier molecular flexibility index (Phi) is 3.43. The van der Waals surface area contributed by atoms with E-state index in [1.165, 1.54) is 18.7 Å². The summed E-state index contributed by atoms with van der Waals surface area (Å²) in [7, 11) is 0. The molecule has 1 heterocycles. The molecule has 1 rings (SSSR count). The molecule has 0 atom stereocenters. The molecule has 0 unspecified atom stereocenters. The molecule has 11 heavy (non-hydrogen) atoms. The Labute approximate surface area is 68.5 Å². The predicted molar refractivity (Wildman–Crippen MR) is 46.3 cm³/mol. The molecule has 0 radical (unpaired) electrons. The molecule has 0 saturated carbocycles. The third kappa shape index (κ3) is 2.54. The summed E-state index contributed by atoms with van der Waals surface area (Å²) in [6.07, 6.45) is 5.52. The van der Waals surface area contributed by atoms with Crippen molar-refractivity contribution in [3.05, 3.63) is 11.8 Å². The van der Waals surface area contributed by atoms with Crippen molar-refractivity contribution in [3.63, 3.8) is 0 Å². The van der Waals surface area contributed by atoms with Crippen LogP contribution in [0.2, 0.25) is 0 Å². The lowest BCUT2D eigenvalue weighted by molar-refractivity contribution is 0.270. The van der Waals surface area contributed by atoms with Gasteiger partial charge in [-0.1, -0.05) is 6.08 Å². The van der Waals surface area contributed by atoms with E-state index < -0.39 is 0 Å². The van der Waals surface area contributed by atoms with Gasteiger partial charge in [-0.15, -0.1) is 0 Å². The molecule has 2 nitrogen and oxygen atoms in total. The highest BCUT2D eigenvalue weighted by Crippen LogP contribution is 2.13. The van der Waals surface area contributed by atoms with Crippen LogP contribution in [-0.2, 0) is 0 Å². The highest BCUT2D eigenvalue weighted by Gasteiger charge is 2.08. The molecule has 64 valence electrons. The molecule has 0 saturated heterocycles. The van der Waals surface area contributed by atoms with Gasteiger partial charge < -0.3 is 10.0 Å². The van der Waals surface area contributed by atoms with Crippen LogP contribution in [0.3, 0.4) is 0 Å². The number of allylic oxidation sites excluding steroid dienone is 1. The lowest BCUT2D eigenvalue weighted by Crippen LogP contribution is -2.19. The lowest BCUT2D eigenvalue weighted by Gasteiger charge is -2.19. The maximum Gasteiger partial charge on any atom is 0.0431 e. The van der Waals surface area contributed by atoms with Crippen molar-refractivity contribution in [2.45, 2.75) is 26.2 Å². The zero-order chi connectivity index (χ0) is 8.10. The normalized spacial score (nSPS) is 17.3. The van der Waals surface area contributed by atoms with Crippen LogP contribution in [0.25, 0.3) is 0 Å². The van der Waals surface area contributed by atoms with E-state index in [2.05, 4.69) is 17.9 Å². The number of hydrogen-bond donors (Lipinski definition) is 1. The predicted octanol–water partition coefficient (Wildman–Crippen LogP) is 1.37. The number of hydrogen-bond acceptors (Lipinski definition) is 2. The summed E-state index contributed by atoms with van der Waals surface area (Å²) in [5.41, 5.74) is 1.41. The minimum Gasteiger partial charge on any atom is -0.396 e.